The quantitative estimate of drug-likeness (QED) is 0.437. The van der Waals surface area contributed by atoms with E-state index in [1.54, 1.807) is 6.07 Å². The minimum atomic E-state index is 0.115. The number of benzene rings is 1. The lowest BCUT2D eigenvalue weighted by molar-refractivity contribution is 0.321. The molecule has 0 aliphatic rings. The van der Waals surface area contributed by atoms with Crippen molar-refractivity contribution in [3.63, 3.8) is 0 Å². The van der Waals surface area contributed by atoms with Crippen LogP contribution in [0.1, 0.15) is 18.1 Å². The molecule has 13 heavy (non-hydrogen) atoms. The zero-order valence-corrected chi connectivity index (χ0v) is 7.91. The van der Waals surface area contributed by atoms with Crippen molar-refractivity contribution in [1.29, 1.82) is 0 Å². The van der Waals surface area contributed by atoms with E-state index < -0.39 is 0 Å². The number of phenolic OH excluding ortho intramolecular Hbond substituents is 1. The molecule has 2 N–H and O–H groups in total. The van der Waals surface area contributed by atoms with Gasteiger partial charge in [0.05, 0.1) is 6.21 Å². The molecule has 0 fully saturated rings. The number of halogens is 1. The van der Waals surface area contributed by atoms with Gasteiger partial charge in [-0.25, -0.2) is 0 Å². The fourth-order valence-corrected chi connectivity index (χ4v) is 1.36. The minimum absolute atomic E-state index is 0.115. The summed E-state index contributed by atoms with van der Waals surface area (Å²) in [4.78, 5) is 0. The number of aromatic hydroxyl groups is 1. The average Bonchev–Trinajstić information content (AvgIpc) is 2.11. The van der Waals surface area contributed by atoms with E-state index in [1.165, 1.54) is 6.07 Å². The standard InChI is InChI=1S/C9H10ClNO2/c1-2-6-3-8(10)4-7(5-11-13)9(6)12/h3-5,12-13H,2H2,1H3. The maximum absolute atomic E-state index is 9.58. The van der Waals surface area contributed by atoms with Crippen LogP contribution in [-0.4, -0.2) is 16.5 Å². The third kappa shape index (κ3) is 2.12. The lowest BCUT2D eigenvalue weighted by Gasteiger charge is -2.05. The van der Waals surface area contributed by atoms with Crippen molar-refractivity contribution < 1.29 is 10.3 Å². The molecule has 1 aromatic rings. The van der Waals surface area contributed by atoms with Crippen LogP contribution in [0, 0.1) is 0 Å². The molecule has 0 amide bonds. The SMILES string of the molecule is CCc1cc(Cl)cc(C=NO)c1O. The second-order valence-corrected chi connectivity index (χ2v) is 3.04. The van der Waals surface area contributed by atoms with Gasteiger partial charge >= 0.3 is 0 Å². The Labute approximate surface area is 81.3 Å². The molecule has 1 aromatic carbocycles. The molecule has 0 heterocycles. The third-order valence-corrected chi connectivity index (χ3v) is 1.98. The summed E-state index contributed by atoms with van der Waals surface area (Å²) in [5.74, 6) is 0.115. The summed E-state index contributed by atoms with van der Waals surface area (Å²) < 4.78 is 0. The Morgan fingerprint density at radius 3 is 2.77 bits per heavy atom. The van der Waals surface area contributed by atoms with Crippen LogP contribution in [0.2, 0.25) is 5.02 Å². The van der Waals surface area contributed by atoms with Crippen molar-refractivity contribution in [3.05, 3.63) is 28.3 Å². The summed E-state index contributed by atoms with van der Waals surface area (Å²) in [5, 5.41) is 21.3. The van der Waals surface area contributed by atoms with Crippen LogP contribution >= 0.6 is 11.6 Å². The normalized spacial score (nSPS) is 10.9. The highest BCUT2D eigenvalue weighted by Gasteiger charge is 2.06. The van der Waals surface area contributed by atoms with Crippen molar-refractivity contribution in [2.24, 2.45) is 5.16 Å². The van der Waals surface area contributed by atoms with E-state index in [0.29, 0.717) is 17.0 Å². The Balaban J connectivity index is 3.26. The molecule has 0 saturated heterocycles. The molecule has 0 saturated carbocycles. The first-order valence-corrected chi connectivity index (χ1v) is 4.25. The van der Waals surface area contributed by atoms with Gasteiger partial charge in [0, 0.05) is 10.6 Å². The van der Waals surface area contributed by atoms with E-state index in [9.17, 15) is 5.11 Å². The molecule has 0 atom stereocenters. The van der Waals surface area contributed by atoms with Gasteiger partial charge < -0.3 is 10.3 Å². The molecule has 3 nitrogen and oxygen atoms in total. The number of aryl methyl sites for hydroxylation is 1. The highest BCUT2D eigenvalue weighted by Crippen LogP contribution is 2.26. The largest absolute Gasteiger partial charge is 0.507 e. The fourth-order valence-electron chi connectivity index (χ4n) is 1.11. The first-order chi connectivity index (χ1) is 6.19. The maximum Gasteiger partial charge on any atom is 0.127 e. The van der Waals surface area contributed by atoms with Gasteiger partial charge in [-0.2, -0.15) is 0 Å². The monoisotopic (exact) mass is 199 g/mol. The van der Waals surface area contributed by atoms with E-state index >= 15 is 0 Å². The van der Waals surface area contributed by atoms with Gasteiger partial charge in [0.2, 0.25) is 0 Å². The van der Waals surface area contributed by atoms with Gasteiger partial charge in [0.1, 0.15) is 5.75 Å². The number of hydrogen-bond acceptors (Lipinski definition) is 3. The van der Waals surface area contributed by atoms with Crippen LogP contribution in [0.15, 0.2) is 17.3 Å². The van der Waals surface area contributed by atoms with E-state index in [0.717, 1.165) is 11.8 Å². The first kappa shape index (κ1) is 9.86. The second-order valence-electron chi connectivity index (χ2n) is 2.60. The van der Waals surface area contributed by atoms with Gasteiger partial charge in [-0.05, 0) is 24.1 Å². The van der Waals surface area contributed by atoms with Crippen LogP contribution < -0.4 is 0 Å². The maximum atomic E-state index is 9.58. The predicted octanol–water partition coefficient (Wildman–Crippen LogP) is 2.42. The van der Waals surface area contributed by atoms with Gasteiger partial charge in [0.15, 0.2) is 0 Å². The molecule has 0 aliphatic heterocycles. The number of oxime groups is 1. The average molecular weight is 200 g/mol. The Kier molecular flexibility index (Phi) is 3.14. The molecule has 1 rings (SSSR count). The molecular weight excluding hydrogens is 190 g/mol. The second kappa shape index (κ2) is 4.14. The summed E-state index contributed by atoms with van der Waals surface area (Å²) in [6, 6.07) is 3.22. The van der Waals surface area contributed by atoms with Crippen molar-refractivity contribution in [3.8, 4) is 5.75 Å². The summed E-state index contributed by atoms with van der Waals surface area (Å²) in [6.07, 6.45) is 1.83. The summed E-state index contributed by atoms with van der Waals surface area (Å²) >= 11 is 5.78. The Morgan fingerprint density at radius 1 is 1.54 bits per heavy atom. The highest BCUT2D eigenvalue weighted by molar-refractivity contribution is 6.31. The van der Waals surface area contributed by atoms with E-state index in [2.05, 4.69) is 5.16 Å². The minimum Gasteiger partial charge on any atom is -0.507 e. The third-order valence-electron chi connectivity index (χ3n) is 1.76. The van der Waals surface area contributed by atoms with Gasteiger partial charge in [-0.3, -0.25) is 0 Å². The number of rotatable bonds is 2. The van der Waals surface area contributed by atoms with Crippen LogP contribution in [0.25, 0.3) is 0 Å². The molecule has 0 aromatic heterocycles. The zero-order valence-electron chi connectivity index (χ0n) is 7.16. The zero-order chi connectivity index (χ0) is 9.84. The Morgan fingerprint density at radius 2 is 2.23 bits per heavy atom. The van der Waals surface area contributed by atoms with Crippen molar-refractivity contribution in [2.75, 3.05) is 0 Å². The van der Waals surface area contributed by atoms with Crippen molar-refractivity contribution in [1.82, 2.24) is 0 Å². The lowest BCUT2D eigenvalue weighted by Crippen LogP contribution is -1.89. The van der Waals surface area contributed by atoms with Gasteiger partial charge in [-0.1, -0.05) is 23.7 Å². The van der Waals surface area contributed by atoms with E-state index in [4.69, 9.17) is 16.8 Å². The summed E-state index contributed by atoms with van der Waals surface area (Å²) in [7, 11) is 0. The van der Waals surface area contributed by atoms with Crippen LogP contribution in [-0.2, 0) is 6.42 Å². The van der Waals surface area contributed by atoms with E-state index in [1.807, 2.05) is 6.92 Å². The molecule has 0 aliphatic carbocycles. The lowest BCUT2D eigenvalue weighted by atomic mass is 10.1. The first-order valence-electron chi connectivity index (χ1n) is 3.87. The molecule has 0 radical (unpaired) electrons. The predicted molar refractivity (Wildman–Crippen MR) is 51.9 cm³/mol. The fraction of sp³-hybridized carbons (Fsp3) is 0.222. The molecule has 0 unspecified atom stereocenters. The number of phenols is 1. The van der Waals surface area contributed by atoms with Crippen LogP contribution in [0.3, 0.4) is 0 Å². The van der Waals surface area contributed by atoms with E-state index in [-0.39, 0.29) is 5.75 Å². The molecule has 0 bridgehead atoms. The number of nitrogens with zero attached hydrogens (tertiary/aromatic N) is 1. The molecule has 70 valence electrons. The van der Waals surface area contributed by atoms with Crippen LogP contribution in [0.4, 0.5) is 0 Å². The topological polar surface area (TPSA) is 52.8 Å². The molecule has 4 heteroatoms. The molecular formula is C9H10ClNO2. The Hall–Kier alpha value is -1.22. The summed E-state index contributed by atoms with van der Waals surface area (Å²) in [6.45, 7) is 1.91. The Bertz CT molecular complexity index is 337. The van der Waals surface area contributed by atoms with Crippen molar-refractivity contribution >= 4 is 17.8 Å². The summed E-state index contributed by atoms with van der Waals surface area (Å²) in [5.41, 5.74) is 1.16. The van der Waals surface area contributed by atoms with Crippen molar-refractivity contribution in [2.45, 2.75) is 13.3 Å². The highest BCUT2D eigenvalue weighted by atomic mass is 35.5. The van der Waals surface area contributed by atoms with Crippen LogP contribution in [0.5, 0.6) is 5.75 Å². The van der Waals surface area contributed by atoms with Gasteiger partial charge in [-0.15, -0.1) is 0 Å². The molecule has 0 spiro atoms. The van der Waals surface area contributed by atoms with Gasteiger partial charge in [0.25, 0.3) is 0 Å². The smallest absolute Gasteiger partial charge is 0.127 e. The number of hydrogen-bond donors (Lipinski definition) is 2.